The van der Waals surface area contributed by atoms with Crippen LogP contribution in [0.5, 0.6) is 0 Å². The summed E-state index contributed by atoms with van der Waals surface area (Å²) in [6.45, 7) is 0.413. The molecule has 19 heavy (non-hydrogen) atoms. The van der Waals surface area contributed by atoms with Crippen LogP contribution < -0.4 is 5.73 Å². The minimum absolute atomic E-state index is 0.233. The van der Waals surface area contributed by atoms with E-state index in [1.807, 2.05) is 0 Å². The molecule has 1 aliphatic rings. The lowest BCUT2D eigenvalue weighted by atomic mass is 10.1. The third-order valence-electron chi connectivity index (χ3n) is 3.19. The predicted molar refractivity (Wildman–Crippen MR) is 66.7 cm³/mol. The van der Waals surface area contributed by atoms with Gasteiger partial charge in [-0.2, -0.15) is 0 Å². The second-order valence-electron chi connectivity index (χ2n) is 4.44. The molecule has 2 amide bonds. The Morgan fingerprint density at radius 2 is 1.95 bits per heavy atom. The van der Waals surface area contributed by atoms with Crippen molar-refractivity contribution in [1.82, 2.24) is 4.90 Å². The first-order chi connectivity index (χ1) is 9.00. The van der Waals surface area contributed by atoms with Gasteiger partial charge in [-0.25, -0.2) is 4.79 Å². The maximum atomic E-state index is 12.2. The van der Waals surface area contributed by atoms with Gasteiger partial charge in [-0.3, -0.25) is 9.59 Å². The number of hydrogen-bond donors (Lipinski definition) is 2. The average Bonchev–Trinajstić information content (AvgIpc) is 2.87. The Morgan fingerprint density at radius 1 is 1.26 bits per heavy atom. The molecule has 0 bridgehead atoms. The van der Waals surface area contributed by atoms with E-state index >= 15 is 0 Å². The fourth-order valence-electron chi connectivity index (χ4n) is 2.24. The normalized spacial score (nSPS) is 18.3. The fourth-order valence-corrected chi connectivity index (χ4v) is 2.24. The van der Waals surface area contributed by atoms with Crippen LogP contribution in [-0.4, -0.2) is 40.4 Å². The number of carbonyl (C=O) groups is 3. The lowest BCUT2D eigenvalue weighted by Gasteiger charge is -2.21. The summed E-state index contributed by atoms with van der Waals surface area (Å²) in [5.74, 6) is -2.00. The smallest absolute Gasteiger partial charge is 0.326 e. The number of likely N-dealkylation sites (tertiary alicyclic amines) is 1. The van der Waals surface area contributed by atoms with Crippen LogP contribution in [0.4, 0.5) is 0 Å². The second-order valence-corrected chi connectivity index (χ2v) is 4.44. The Labute approximate surface area is 109 Å². The molecule has 3 N–H and O–H groups in total. The molecule has 100 valence electrons. The summed E-state index contributed by atoms with van der Waals surface area (Å²) in [6.07, 6.45) is 1.12. The molecule has 0 aromatic heterocycles. The van der Waals surface area contributed by atoms with Crippen molar-refractivity contribution in [3.05, 3.63) is 35.4 Å². The van der Waals surface area contributed by atoms with E-state index in [1.54, 1.807) is 12.1 Å². The van der Waals surface area contributed by atoms with Gasteiger partial charge in [-0.1, -0.05) is 6.07 Å². The SMILES string of the molecule is NC(=O)c1cccc(C(=O)N2CCC[C@@H]2C(=O)O)c1. The van der Waals surface area contributed by atoms with Crippen LogP contribution in [0.25, 0.3) is 0 Å². The van der Waals surface area contributed by atoms with Crippen molar-refractivity contribution in [3.63, 3.8) is 0 Å². The van der Waals surface area contributed by atoms with E-state index in [9.17, 15) is 14.4 Å². The number of hydrogen-bond acceptors (Lipinski definition) is 3. The number of amides is 2. The Kier molecular flexibility index (Phi) is 3.50. The van der Waals surface area contributed by atoms with Crippen LogP contribution in [-0.2, 0) is 4.79 Å². The molecule has 0 radical (unpaired) electrons. The minimum atomic E-state index is -1.00. The molecule has 1 aromatic rings. The van der Waals surface area contributed by atoms with Gasteiger partial charge in [0.2, 0.25) is 5.91 Å². The number of carboxylic acids is 1. The van der Waals surface area contributed by atoms with Crippen LogP contribution in [0.2, 0.25) is 0 Å². The second kappa shape index (κ2) is 5.09. The average molecular weight is 262 g/mol. The molecule has 6 nitrogen and oxygen atoms in total. The highest BCUT2D eigenvalue weighted by atomic mass is 16.4. The largest absolute Gasteiger partial charge is 0.480 e. The van der Waals surface area contributed by atoms with Crippen molar-refractivity contribution in [3.8, 4) is 0 Å². The van der Waals surface area contributed by atoms with Crippen molar-refractivity contribution >= 4 is 17.8 Å². The van der Waals surface area contributed by atoms with Crippen LogP contribution in [0.3, 0.4) is 0 Å². The summed E-state index contributed by atoms with van der Waals surface area (Å²) in [5, 5.41) is 9.05. The van der Waals surface area contributed by atoms with Crippen molar-refractivity contribution in [1.29, 1.82) is 0 Å². The highest BCUT2D eigenvalue weighted by Gasteiger charge is 2.34. The summed E-state index contributed by atoms with van der Waals surface area (Å²) in [5.41, 5.74) is 5.67. The van der Waals surface area contributed by atoms with Gasteiger partial charge in [0, 0.05) is 17.7 Å². The minimum Gasteiger partial charge on any atom is -0.480 e. The molecule has 1 aromatic carbocycles. The molecule has 1 fully saturated rings. The molecular formula is C13H14N2O4. The molecule has 1 atom stereocenters. The van der Waals surface area contributed by atoms with E-state index < -0.39 is 17.9 Å². The number of carboxylic acid groups (broad SMARTS) is 1. The standard InChI is InChI=1S/C13H14N2O4/c14-11(16)8-3-1-4-9(7-8)12(17)15-6-2-5-10(15)13(18)19/h1,3-4,7,10H,2,5-6H2,(H2,14,16)(H,18,19)/t10-/m1/s1. The van der Waals surface area contributed by atoms with Gasteiger partial charge in [-0.15, -0.1) is 0 Å². The molecule has 2 rings (SSSR count). The van der Waals surface area contributed by atoms with Crippen molar-refractivity contribution in [2.24, 2.45) is 5.73 Å². The summed E-state index contributed by atoms with van der Waals surface area (Å²) < 4.78 is 0. The van der Waals surface area contributed by atoms with Gasteiger partial charge < -0.3 is 15.7 Å². The zero-order chi connectivity index (χ0) is 14.0. The Hall–Kier alpha value is -2.37. The van der Waals surface area contributed by atoms with E-state index in [0.717, 1.165) is 0 Å². The number of primary amides is 1. The van der Waals surface area contributed by atoms with Gasteiger partial charge in [0.15, 0.2) is 0 Å². The van der Waals surface area contributed by atoms with Gasteiger partial charge in [-0.05, 0) is 31.0 Å². The molecule has 0 saturated carbocycles. The molecule has 0 unspecified atom stereocenters. The number of benzene rings is 1. The topological polar surface area (TPSA) is 101 Å². The Balaban J connectivity index is 2.26. The van der Waals surface area contributed by atoms with Crippen LogP contribution in [0, 0.1) is 0 Å². The first-order valence-electron chi connectivity index (χ1n) is 5.94. The number of carbonyl (C=O) groups excluding carboxylic acids is 2. The van der Waals surface area contributed by atoms with E-state index in [4.69, 9.17) is 10.8 Å². The summed E-state index contributed by atoms with van der Waals surface area (Å²) in [6, 6.07) is 5.22. The zero-order valence-electron chi connectivity index (χ0n) is 10.2. The maximum absolute atomic E-state index is 12.2. The summed E-state index contributed by atoms with van der Waals surface area (Å²) >= 11 is 0. The number of nitrogens with zero attached hydrogens (tertiary/aromatic N) is 1. The third kappa shape index (κ3) is 2.57. The van der Waals surface area contributed by atoms with E-state index in [2.05, 4.69) is 0 Å². The fraction of sp³-hybridized carbons (Fsp3) is 0.308. The molecule has 0 aliphatic carbocycles. The number of rotatable bonds is 3. The quantitative estimate of drug-likeness (QED) is 0.827. The number of aliphatic carboxylic acids is 1. The highest BCUT2D eigenvalue weighted by Crippen LogP contribution is 2.20. The number of nitrogens with two attached hydrogens (primary N) is 1. The Morgan fingerprint density at radius 3 is 2.58 bits per heavy atom. The van der Waals surface area contributed by atoms with Gasteiger partial charge in [0.25, 0.3) is 5.91 Å². The summed E-state index contributed by atoms with van der Waals surface area (Å²) in [4.78, 5) is 35.7. The van der Waals surface area contributed by atoms with Crippen LogP contribution in [0.15, 0.2) is 24.3 Å². The van der Waals surface area contributed by atoms with Crippen molar-refractivity contribution in [2.75, 3.05) is 6.54 Å². The third-order valence-corrected chi connectivity index (χ3v) is 3.19. The van der Waals surface area contributed by atoms with E-state index in [1.165, 1.54) is 17.0 Å². The molecule has 1 aliphatic heterocycles. The highest BCUT2D eigenvalue weighted by molar-refractivity contribution is 6.00. The molecule has 1 heterocycles. The molecule has 6 heteroatoms. The van der Waals surface area contributed by atoms with Gasteiger partial charge >= 0.3 is 5.97 Å². The first kappa shape index (κ1) is 13.1. The summed E-state index contributed by atoms with van der Waals surface area (Å²) in [7, 11) is 0. The maximum Gasteiger partial charge on any atom is 0.326 e. The van der Waals surface area contributed by atoms with Crippen molar-refractivity contribution in [2.45, 2.75) is 18.9 Å². The molecule has 1 saturated heterocycles. The zero-order valence-corrected chi connectivity index (χ0v) is 10.2. The van der Waals surface area contributed by atoms with Gasteiger partial charge in [0.05, 0.1) is 0 Å². The first-order valence-corrected chi connectivity index (χ1v) is 5.94. The predicted octanol–water partition coefficient (Wildman–Crippen LogP) is 0.475. The van der Waals surface area contributed by atoms with E-state index in [-0.39, 0.29) is 17.0 Å². The molecule has 0 spiro atoms. The lowest BCUT2D eigenvalue weighted by Crippen LogP contribution is -2.40. The van der Waals surface area contributed by atoms with Crippen LogP contribution >= 0.6 is 0 Å². The van der Waals surface area contributed by atoms with E-state index in [0.29, 0.717) is 19.4 Å². The van der Waals surface area contributed by atoms with Crippen molar-refractivity contribution < 1.29 is 19.5 Å². The Bertz CT molecular complexity index is 541. The van der Waals surface area contributed by atoms with Crippen LogP contribution in [0.1, 0.15) is 33.6 Å². The monoisotopic (exact) mass is 262 g/mol. The van der Waals surface area contributed by atoms with Gasteiger partial charge in [0.1, 0.15) is 6.04 Å². The lowest BCUT2D eigenvalue weighted by molar-refractivity contribution is -0.141. The molecular weight excluding hydrogens is 248 g/mol.